The molecule has 1 aromatic carbocycles. The number of para-hydroxylation sites is 1. The standard InChI is InChI=1S/C10H10Br2ClNO/c11-6-5-7(12)10(15)14-9-4-2-1-3-8(9)13/h1-4,7H,5-6H2,(H,14,15). The maximum absolute atomic E-state index is 11.6. The third-order valence-corrected chi connectivity index (χ3v) is 3.44. The third kappa shape index (κ3) is 4.13. The average Bonchev–Trinajstić information content (AvgIpc) is 2.21. The fraction of sp³-hybridized carbons (Fsp3) is 0.300. The summed E-state index contributed by atoms with van der Waals surface area (Å²) in [4.78, 5) is 11.4. The van der Waals surface area contributed by atoms with Crippen LogP contribution in [0.25, 0.3) is 0 Å². The number of benzene rings is 1. The molecule has 0 saturated heterocycles. The highest BCUT2D eigenvalue weighted by molar-refractivity contribution is 9.10. The molecule has 1 N–H and O–H groups in total. The van der Waals surface area contributed by atoms with E-state index in [4.69, 9.17) is 11.6 Å². The van der Waals surface area contributed by atoms with Crippen molar-refractivity contribution in [2.75, 3.05) is 10.6 Å². The highest BCUT2D eigenvalue weighted by Gasteiger charge is 2.14. The van der Waals surface area contributed by atoms with Gasteiger partial charge in [0.15, 0.2) is 0 Å². The van der Waals surface area contributed by atoms with E-state index in [-0.39, 0.29) is 10.7 Å². The van der Waals surface area contributed by atoms with Gasteiger partial charge in [-0.05, 0) is 18.6 Å². The van der Waals surface area contributed by atoms with Crippen LogP contribution < -0.4 is 5.32 Å². The largest absolute Gasteiger partial charge is 0.324 e. The van der Waals surface area contributed by atoms with E-state index in [0.29, 0.717) is 10.7 Å². The molecule has 2 nitrogen and oxygen atoms in total. The van der Waals surface area contributed by atoms with E-state index in [9.17, 15) is 4.79 Å². The van der Waals surface area contributed by atoms with Crippen molar-refractivity contribution in [1.82, 2.24) is 0 Å². The lowest BCUT2D eigenvalue weighted by Crippen LogP contribution is -2.23. The minimum absolute atomic E-state index is 0.0810. The highest BCUT2D eigenvalue weighted by atomic mass is 79.9. The number of alkyl halides is 2. The second kappa shape index (κ2) is 6.51. The lowest BCUT2D eigenvalue weighted by atomic mass is 10.3. The molecule has 0 saturated carbocycles. The predicted molar refractivity (Wildman–Crippen MR) is 71.2 cm³/mol. The van der Waals surface area contributed by atoms with Gasteiger partial charge in [0.2, 0.25) is 5.91 Å². The fourth-order valence-electron chi connectivity index (χ4n) is 1.00. The van der Waals surface area contributed by atoms with Crippen LogP contribution >= 0.6 is 43.5 Å². The molecule has 1 aromatic rings. The Morgan fingerprint density at radius 1 is 1.47 bits per heavy atom. The molecule has 0 aliphatic rings. The van der Waals surface area contributed by atoms with Crippen molar-refractivity contribution in [3.05, 3.63) is 29.3 Å². The lowest BCUT2D eigenvalue weighted by Gasteiger charge is -2.10. The Morgan fingerprint density at radius 3 is 2.73 bits per heavy atom. The van der Waals surface area contributed by atoms with Gasteiger partial charge in [0.1, 0.15) is 0 Å². The zero-order valence-corrected chi connectivity index (χ0v) is 11.8. The monoisotopic (exact) mass is 353 g/mol. The van der Waals surface area contributed by atoms with Crippen molar-refractivity contribution in [1.29, 1.82) is 0 Å². The van der Waals surface area contributed by atoms with Gasteiger partial charge in [0.25, 0.3) is 0 Å². The molecule has 1 unspecified atom stereocenters. The first-order chi connectivity index (χ1) is 7.15. The van der Waals surface area contributed by atoms with Crippen LogP contribution in [0.5, 0.6) is 0 Å². The van der Waals surface area contributed by atoms with Crippen molar-refractivity contribution in [2.45, 2.75) is 11.2 Å². The number of nitrogens with one attached hydrogen (secondary N) is 1. The van der Waals surface area contributed by atoms with Crippen molar-refractivity contribution in [3.63, 3.8) is 0 Å². The molecule has 1 amide bonds. The molecule has 0 fully saturated rings. The zero-order chi connectivity index (χ0) is 11.3. The molecule has 0 aromatic heterocycles. The Labute approximate surface area is 111 Å². The Bertz CT molecular complexity index is 346. The number of carbonyl (C=O) groups is 1. The Balaban J connectivity index is 2.62. The minimum atomic E-state index is -0.201. The molecule has 0 aliphatic carbocycles. The lowest BCUT2D eigenvalue weighted by molar-refractivity contribution is -0.115. The third-order valence-electron chi connectivity index (χ3n) is 1.78. The van der Waals surface area contributed by atoms with E-state index in [1.165, 1.54) is 0 Å². The zero-order valence-electron chi connectivity index (χ0n) is 7.84. The van der Waals surface area contributed by atoms with Crippen molar-refractivity contribution in [3.8, 4) is 0 Å². The molecule has 0 spiro atoms. The van der Waals surface area contributed by atoms with Gasteiger partial charge in [-0.2, -0.15) is 0 Å². The number of hydrogen-bond acceptors (Lipinski definition) is 1. The van der Waals surface area contributed by atoms with Crippen molar-refractivity contribution < 1.29 is 4.79 Å². The molecule has 1 rings (SSSR count). The van der Waals surface area contributed by atoms with Crippen LogP contribution in [-0.2, 0) is 4.79 Å². The molecule has 0 radical (unpaired) electrons. The summed E-state index contributed by atoms with van der Waals surface area (Å²) in [6.07, 6.45) is 0.732. The van der Waals surface area contributed by atoms with Crippen LogP contribution in [0.1, 0.15) is 6.42 Å². The van der Waals surface area contributed by atoms with Crippen LogP contribution in [0.2, 0.25) is 5.02 Å². The number of hydrogen-bond donors (Lipinski definition) is 1. The van der Waals surface area contributed by atoms with Gasteiger partial charge in [0.05, 0.1) is 15.5 Å². The summed E-state index contributed by atoms with van der Waals surface area (Å²) < 4.78 is 0. The second-order valence-electron chi connectivity index (χ2n) is 2.91. The van der Waals surface area contributed by atoms with Gasteiger partial charge in [-0.1, -0.05) is 55.6 Å². The van der Waals surface area contributed by atoms with Gasteiger partial charge in [-0.15, -0.1) is 0 Å². The number of halogens is 3. The fourth-order valence-corrected chi connectivity index (χ4v) is 2.60. The summed E-state index contributed by atoms with van der Waals surface area (Å²) in [5.74, 6) is -0.0810. The summed E-state index contributed by atoms with van der Waals surface area (Å²) >= 11 is 12.5. The average molecular weight is 355 g/mol. The van der Waals surface area contributed by atoms with Gasteiger partial charge in [-0.3, -0.25) is 4.79 Å². The molecule has 82 valence electrons. The summed E-state index contributed by atoms with van der Waals surface area (Å²) in [7, 11) is 0. The maximum atomic E-state index is 11.6. The summed E-state index contributed by atoms with van der Waals surface area (Å²) in [5, 5.41) is 4.08. The number of carbonyl (C=O) groups excluding carboxylic acids is 1. The first-order valence-electron chi connectivity index (χ1n) is 4.40. The van der Waals surface area contributed by atoms with Crippen molar-refractivity contribution in [2.24, 2.45) is 0 Å². The smallest absolute Gasteiger partial charge is 0.238 e. The number of anilines is 1. The summed E-state index contributed by atoms with van der Waals surface area (Å²) in [6.45, 7) is 0. The first-order valence-corrected chi connectivity index (χ1v) is 6.82. The molecule has 0 aliphatic heterocycles. The van der Waals surface area contributed by atoms with Crippen LogP contribution in [0.4, 0.5) is 5.69 Å². The van der Waals surface area contributed by atoms with Gasteiger partial charge in [0, 0.05) is 5.33 Å². The molecular weight excluding hydrogens is 345 g/mol. The molecular formula is C10H10Br2ClNO. The summed E-state index contributed by atoms with van der Waals surface area (Å²) in [5.41, 5.74) is 0.642. The number of amides is 1. The molecule has 5 heteroatoms. The molecule has 15 heavy (non-hydrogen) atoms. The van der Waals surface area contributed by atoms with Gasteiger partial charge in [-0.25, -0.2) is 0 Å². The normalized spacial score (nSPS) is 12.2. The van der Waals surface area contributed by atoms with Crippen LogP contribution in [-0.4, -0.2) is 16.1 Å². The minimum Gasteiger partial charge on any atom is -0.324 e. The molecule has 0 bridgehead atoms. The topological polar surface area (TPSA) is 29.1 Å². The van der Waals surface area contributed by atoms with E-state index in [1.54, 1.807) is 12.1 Å². The number of rotatable bonds is 4. The SMILES string of the molecule is O=C(Nc1ccccc1Cl)C(Br)CCBr. The van der Waals surface area contributed by atoms with Gasteiger partial charge >= 0.3 is 0 Å². The highest BCUT2D eigenvalue weighted by Crippen LogP contribution is 2.21. The molecule has 1 atom stereocenters. The van der Waals surface area contributed by atoms with Crippen molar-refractivity contribution >= 4 is 55.1 Å². The van der Waals surface area contributed by atoms with Crippen LogP contribution in [0, 0.1) is 0 Å². The Morgan fingerprint density at radius 2 is 2.13 bits per heavy atom. The van der Waals surface area contributed by atoms with Gasteiger partial charge < -0.3 is 5.32 Å². The van der Waals surface area contributed by atoms with E-state index in [1.807, 2.05) is 12.1 Å². The van der Waals surface area contributed by atoms with E-state index < -0.39 is 0 Å². The Hall–Kier alpha value is -0.0600. The molecule has 0 heterocycles. The van der Waals surface area contributed by atoms with E-state index >= 15 is 0 Å². The summed E-state index contributed by atoms with van der Waals surface area (Å²) in [6, 6.07) is 7.16. The van der Waals surface area contributed by atoms with E-state index in [2.05, 4.69) is 37.2 Å². The Kier molecular flexibility index (Phi) is 5.64. The van der Waals surface area contributed by atoms with Crippen LogP contribution in [0.15, 0.2) is 24.3 Å². The quantitative estimate of drug-likeness (QED) is 0.817. The van der Waals surface area contributed by atoms with Crippen LogP contribution in [0.3, 0.4) is 0 Å². The van der Waals surface area contributed by atoms with E-state index in [0.717, 1.165) is 11.8 Å². The second-order valence-corrected chi connectivity index (χ2v) is 5.22. The predicted octanol–water partition coefficient (Wildman–Crippen LogP) is 3.83. The maximum Gasteiger partial charge on any atom is 0.238 e. The first kappa shape index (κ1) is 13.0.